The Morgan fingerprint density at radius 2 is 0.852 bits per heavy atom. The van der Waals surface area contributed by atoms with Crippen LogP contribution in [0.4, 0.5) is 17.1 Å². The zero-order valence-corrected chi connectivity index (χ0v) is 72.5. The fraction of sp³-hybridized carbons (Fsp3) is 0.326. The minimum Gasteiger partial charge on any atom is -0.385 e. The Morgan fingerprint density at radius 3 is 1.30 bits per heavy atom. The first-order chi connectivity index (χ1) is 59.1. The largest absolute Gasteiger partial charge is 0.385 e. The van der Waals surface area contributed by atoms with Crippen LogP contribution in [0.15, 0.2) is 206 Å². The number of fused-ring (bicyclic) bond motifs is 1. The summed E-state index contributed by atoms with van der Waals surface area (Å²) >= 11 is 8.62. The van der Waals surface area contributed by atoms with Gasteiger partial charge in [0.2, 0.25) is 10.0 Å². The maximum Gasteiger partial charge on any atom is 0.258 e. The minimum atomic E-state index is -3.97. The van der Waals surface area contributed by atoms with Gasteiger partial charge in [-0.25, -0.2) is 29.9 Å². The molecular formula is C92H91ClN8O16S5. The summed E-state index contributed by atoms with van der Waals surface area (Å²) in [5, 5.41) is 13.0. The molecule has 18 rings (SSSR count). The summed E-state index contributed by atoms with van der Waals surface area (Å²) in [6.07, 6.45) is 7.11. The quantitative estimate of drug-likeness (QED) is 0.0393. The number of nitrogens with zero attached hydrogens (tertiary/aromatic N) is 8. The number of rotatable bonds is 29. The first-order valence-corrected chi connectivity index (χ1v) is 47.3. The maximum atomic E-state index is 13.8. The topological polar surface area (TPSA) is 291 Å². The lowest BCUT2D eigenvalue weighted by Crippen LogP contribution is -2.48. The molecule has 0 N–H and O–H groups in total. The fourth-order valence-corrected chi connectivity index (χ4v) is 25.7. The number of ketones is 3. The number of hydrogen-bond donors (Lipinski definition) is 0. The smallest absolute Gasteiger partial charge is 0.258 e. The minimum absolute atomic E-state index is 0.0256. The molecule has 3 unspecified atom stereocenters. The van der Waals surface area contributed by atoms with E-state index in [4.69, 9.17) is 30.4 Å². The summed E-state index contributed by atoms with van der Waals surface area (Å²) in [5.41, 5.74) is 9.18. The molecule has 632 valence electrons. The van der Waals surface area contributed by atoms with Crippen molar-refractivity contribution >= 4 is 160 Å². The fourth-order valence-electron chi connectivity index (χ4n) is 17.7. The zero-order chi connectivity index (χ0) is 85.1. The number of carbonyl (C=O) groups excluding carboxylic acids is 6. The molecule has 0 saturated carbocycles. The van der Waals surface area contributed by atoms with Crippen molar-refractivity contribution < 1.29 is 72.9 Å². The van der Waals surface area contributed by atoms with E-state index in [2.05, 4.69) is 10.3 Å². The van der Waals surface area contributed by atoms with Gasteiger partial charge in [0.1, 0.15) is 24.9 Å². The van der Waals surface area contributed by atoms with Crippen molar-refractivity contribution in [3.63, 3.8) is 0 Å². The van der Waals surface area contributed by atoms with E-state index in [0.29, 0.717) is 119 Å². The van der Waals surface area contributed by atoms with Crippen LogP contribution in [-0.2, 0) is 77.9 Å². The van der Waals surface area contributed by atoms with E-state index in [9.17, 15) is 54.0 Å². The van der Waals surface area contributed by atoms with Gasteiger partial charge in [-0.05, 0) is 185 Å². The molecule has 3 aromatic heterocycles. The number of anilines is 3. The molecule has 6 aliphatic rings. The summed E-state index contributed by atoms with van der Waals surface area (Å²) in [5.74, 6) is -1.07. The zero-order valence-electron chi connectivity index (χ0n) is 67.6. The van der Waals surface area contributed by atoms with Crippen LogP contribution in [0.25, 0.3) is 64.2 Å². The average molecular weight is 1760 g/mol. The van der Waals surface area contributed by atoms with E-state index in [1.807, 2.05) is 164 Å². The standard InChI is InChI=1S/2C32H32N2O5S2.C28H27ClN4O6S/c1-39-19-7-18-34-27-14-13-23(25-11-5-12-26(31(25)27)32(34)36)20-28(35)24-10-6-17-33(21-24)41(37,38)30-16-15-29(40-30)22-8-3-2-4-9-22;1-39-20-8-18-33-27-15-14-23(24-11-7-12-25(31(24)27)32(33)36)21-28(35)26-13-5-6-19-34(26)41(37,38)30-17-16-29(40-30)22-9-3-2-4-10-22;1-38-14-4-13-33-22-10-8-17(19-6-2-7-20(25(19)22)28(33)35)15-23(34)18-5-3-12-32(16-18)40(36,37)24-11-9-21(29)26-27(24)31-39-30-26/h2-5,8-9,11-16,24H,6-7,10,17-21H2,1H3;2-4,7,9-12,14-17,26H,5-6,8,13,18-21H2,1H3;2,6-11,18H,3-5,12-16H2,1H3. The number of aromatic nitrogens is 2. The van der Waals surface area contributed by atoms with Crippen LogP contribution in [0.5, 0.6) is 0 Å². The molecular weight excluding hydrogens is 1670 g/mol. The third-order valence-electron chi connectivity index (χ3n) is 23.8. The van der Waals surface area contributed by atoms with Gasteiger partial charge in [0.05, 0.1) is 28.1 Å². The van der Waals surface area contributed by atoms with Crippen molar-refractivity contribution in [3.05, 3.63) is 226 Å². The van der Waals surface area contributed by atoms with E-state index < -0.39 is 42.0 Å². The van der Waals surface area contributed by atoms with E-state index in [0.717, 1.165) is 113 Å². The highest BCUT2D eigenvalue weighted by Crippen LogP contribution is 2.45. The number of ether oxygens (including phenoxy) is 3. The van der Waals surface area contributed by atoms with Gasteiger partial charge in [-0.15, -0.1) is 22.7 Å². The SMILES string of the molecule is COCCCN1C(=O)c2cccc3c(CC(=O)C4CCCCN4S(=O)(=O)c4ccc(-c5ccccc5)s4)ccc1c23.COCCCN1C(=O)c2cccc3c(CC(=O)C4CCCN(S(=O)(=O)c5ccc(-c6ccccc6)s5)C4)ccc1c23.COCCCN1C(=O)c2cccc3c(CC(=O)C4CCCN(S(=O)(=O)c5ccc(Cl)c6nonc56)C4)ccc1c23. The van der Waals surface area contributed by atoms with Crippen LogP contribution in [0.3, 0.4) is 0 Å². The molecule has 12 aromatic rings. The van der Waals surface area contributed by atoms with Crippen LogP contribution >= 0.6 is 34.3 Å². The number of carbonyl (C=O) groups is 6. The van der Waals surface area contributed by atoms with Gasteiger partial charge in [0.25, 0.3) is 37.8 Å². The molecule has 9 aromatic carbocycles. The van der Waals surface area contributed by atoms with Gasteiger partial charge in [-0.2, -0.15) is 12.9 Å². The molecule has 6 aliphatic heterocycles. The first kappa shape index (κ1) is 85.4. The molecule has 0 aliphatic carbocycles. The molecule has 24 nitrogen and oxygen atoms in total. The number of sulfonamides is 3. The highest BCUT2D eigenvalue weighted by Gasteiger charge is 2.42. The predicted molar refractivity (Wildman–Crippen MR) is 473 cm³/mol. The molecule has 3 fully saturated rings. The molecule has 0 bridgehead atoms. The van der Waals surface area contributed by atoms with Gasteiger partial charge in [0.15, 0.2) is 16.8 Å². The second-order valence-corrected chi connectivity index (χ2v) is 40.0. The average Bonchev–Trinajstić information content (AvgIpc) is 1.59. The number of benzene rings is 9. The Hall–Kier alpha value is -10.1. The summed E-state index contributed by atoms with van der Waals surface area (Å²) < 4.78 is 107. The molecule has 0 radical (unpaired) electrons. The van der Waals surface area contributed by atoms with Crippen molar-refractivity contribution in [1.29, 1.82) is 0 Å². The Morgan fingerprint density at radius 1 is 0.434 bits per heavy atom. The number of Topliss-reactive ketones (excluding diaryl/α,β-unsaturated/α-hetero) is 3. The monoisotopic (exact) mass is 1760 g/mol. The van der Waals surface area contributed by atoms with Crippen molar-refractivity contribution in [3.8, 4) is 20.9 Å². The summed E-state index contributed by atoms with van der Waals surface area (Å²) in [4.78, 5) is 87.5. The molecule has 3 saturated heterocycles. The second-order valence-electron chi connectivity index (χ2n) is 31.3. The van der Waals surface area contributed by atoms with Crippen LogP contribution in [0, 0.1) is 11.8 Å². The van der Waals surface area contributed by atoms with Crippen molar-refractivity contribution in [2.45, 2.75) is 103 Å². The van der Waals surface area contributed by atoms with Gasteiger partial charge in [-0.1, -0.05) is 133 Å². The highest BCUT2D eigenvalue weighted by atomic mass is 35.5. The van der Waals surface area contributed by atoms with Crippen molar-refractivity contribution in [1.82, 2.24) is 23.2 Å². The maximum absolute atomic E-state index is 13.8. The van der Waals surface area contributed by atoms with Gasteiger partial charge in [-0.3, -0.25) is 28.8 Å². The summed E-state index contributed by atoms with van der Waals surface area (Å²) in [7, 11) is -6.58. The molecule has 122 heavy (non-hydrogen) atoms. The van der Waals surface area contributed by atoms with Crippen LogP contribution in [0.1, 0.15) is 112 Å². The third-order valence-corrected chi connectivity index (χ3v) is 33.0. The Kier molecular flexibility index (Phi) is 25.7. The molecule has 30 heteroatoms. The van der Waals surface area contributed by atoms with E-state index in [1.165, 1.54) is 47.7 Å². The number of amides is 3. The highest BCUT2D eigenvalue weighted by molar-refractivity contribution is 7.91. The Balaban J connectivity index is 0.000000136. The summed E-state index contributed by atoms with van der Waals surface area (Å²) in [6.45, 7) is 4.66. The molecule has 9 heterocycles. The third kappa shape index (κ3) is 16.9. The lowest BCUT2D eigenvalue weighted by atomic mass is 9.89. The van der Waals surface area contributed by atoms with Crippen LogP contribution in [0.2, 0.25) is 5.02 Å². The van der Waals surface area contributed by atoms with Gasteiger partial charge >= 0.3 is 0 Å². The van der Waals surface area contributed by atoms with Gasteiger partial charge < -0.3 is 28.9 Å². The van der Waals surface area contributed by atoms with E-state index >= 15 is 0 Å². The lowest BCUT2D eigenvalue weighted by molar-refractivity contribution is -0.124. The molecule has 3 amide bonds. The predicted octanol–water partition coefficient (Wildman–Crippen LogP) is 15.9. The van der Waals surface area contributed by atoms with Crippen molar-refractivity contribution in [2.75, 3.05) is 108 Å². The number of piperidine rings is 3. The second kappa shape index (κ2) is 36.7. The number of hydrogen-bond acceptors (Lipinski definition) is 20. The van der Waals surface area contributed by atoms with Crippen LogP contribution < -0.4 is 14.7 Å². The first-order valence-electron chi connectivity index (χ1n) is 41.0. The number of thiophene rings is 2. The number of halogens is 1. The Labute approximate surface area is 721 Å². The summed E-state index contributed by atoms with van der Waals surface area (Å²) in [6, 6.07) is 57.0. The normalized spacial score (nSPS) is 17.6. The lowest BCUT2D eigenvalue weighted by Gasteiger charge is -2.33. The van der Waals surface area contributed by atoms with Crippen molar-refractivity contribution in [2.24, 2.45) is 11.8 Å². The van der Waals surface area contributed by atoms with Crippen LogP contribution in [-0.4, -0.2) is 183 Å². The van der Waals surface area contributed by atoms with E-state index in [1.54, 1.807) is 48.2 Å². The molecule has 0 spiro atoms. The van der Waals surface area contributed by atoms with E-state index in [-0.39, 0.29) is 98.5 Å². The molecule has 3 atom stereocenters. The van der Waals surface area contributed by atoms with Gasteiger partial charge in [0, 0.05) is 167 Å². The number of methoxy groups -OCH3 is 3. The Bertz CT molecular complexity index is 6400.